The number of ether oxygens (including phenoxy) is 1. The van der Waals surface area contributed by atoms with Crippen LogP contribution in [0, 0.1) is 0 Å². The third kappa shape index (κ3) is 1.87. The zero-order chi connectivity index (χ0) is 13.0. The number of halogens is 1. The molecule has 100 valence electrons. The van der Waals surface area contributed by atoms with Crippen LogP contribution in [0.25, 0.3) is 0 Å². The van der Waals surface area contributed by atoms with Gasteiger partial charge in [0.05, 0.1) is 36.0 Å². The minimum Gasteiger partial charge on any atom is -0.376 e. The SMILES string of the molecule is CC1(n2nc3c(c2Cl)COCC3)CCS(=O)(=O)C1. The Kier molecular flexibility index (Phi) is 2.73. The normalized spacial score (nSPS) is 30.3. The van der Waals surface area contributed by atoms with Gasteiger partial charge in [-0.2, -0.15) is 5.10 Å². The fourth-order valence-corrected chi connectivity index (χ4v) is 5.19. The molecule has 0 N–H and O–H groups in total. The first-order valence-electron chi connectivity index (χ1n) is 5.96. The predicted octanol–water partition coefficient (Wildman–Crippen LogP) is 1.14. The maximum atomic E-state index is 11.7. The molecule has 1 unspecified atom stereocenters. The third-order valence-corrected chi connectivity index (χ3v) is 6.00. The van der Waals surface area contributed by atoms with E-state index in [1.54, 1.807) is 4.68 Å². The van der Waals surface area contributed by atoms with Crippen molar-refractivity contribution < 1.29 is 13.2 Å². The molecule has 1 fully saturated rings. The Hall–Kier alpha value is -0.590. The molecule has 7 heteroatoms. The summed E-state index contributed by atoms with van der Waals surface area (Å²) in [7, 11) is -2.97. The number of aromatic nitrogens is 2. The number of sulfone groups is 1. The number of hydrogen-bond acceptors (Lipinski definition) is 4. The fourth-order valence-electron chi connectivity index (χ4n) is 2.68. The Morgan fingerprint density at radius 1 is 1.50 bits per heavy atom. The number of fused-ring (bicyclic) bond motifs is 1. The van der Waals surface area contributed by atoms with Crippen molar-refractivity contribution in [2.45, 2.75) is 31.9 Å². The van der Waals surface area contributed by atoms with Gasteiger partial charge >= 0.3 is 0 Å². The van der Waals surface area contributed by atoms with Crippen LogP contribution < -0.4 is 0 Å². The Balaban J connectivity index is 2.05. The van der Waals surface area contributed by atoms with Crippen LogP contribution in [0.2, 0.25) is 5.15 Å². The molecule has 3 heterocycles. The zero-order valence-electron chi connectivity index (χ0n) is 10.1. The van der Waals surface area contributed by atoms with E-state index in [1.165, 1.54) is 0 Å². The predicted molar refractivity (Wildman–Crippen MR) is 67.5 cm³/mol. The standard InChI is InChI=1S/C11H15ClN2O3S/c1-11(3-5-18(15,16)7-11)14-10(12)8-6-17-4-2-9(8)13-14/h2-7H2,1H3. The smallest absolute Gasteiger partial charge is 0.152 e. The van der Waals surface area contributed by atoms with Gasteiger partial charge in [-0.3, -0.25) is 0 Å². The first-order valence-corrected chi connectivity index (χ1v) is 8.16. The fraction of sp³-hybridized carbons (Fsp3) is 0.727. The van der Waals surface area contributed by atoms with Gasteiger partial charge in [0.15, 0.2) is 9.84 Å². The van der Waals surface area contributed by atoms with Crippen LogP contribution in [0.1, 0.15) is 24.6 Å². The monoisotopic (exact) mass is 290 g/mol. The van der Waals surface area contributed by atoms with Gasteiger partial charge in [0.25, 0.3) is 0 Å². The lowest BCUT2D eigenvalue weighted by Gasteiger charge is -2.23. The Bertz CT molecular complexity index is 596. The van der Waals surface area contributed by atoms with Crippen molar-refractivity contribution in [3.63, 3.8) is 0 Å². The molecule has 2 aliphatic heterocycles. The summed E-state index contributed by atoms with van der Waals surface area (Å²) in [5, 5.41) is 5.04. The molecule has 2 aliphatic rings. The molecule has 1 atom stereocenters. The lowest BCUT2D eigenvalue weighted by molar-refractivity contribution is 0.110. The van der Waals surface area contributed by atoms with E-state index in [9.17, 15) is 8.42 Å². The van der Waals surface area contributed by atoms with E-state index in [4.69, 9.17) is 16.3 Å². The van der Waals surface area contributed by atoms with E-state index in [0.29, 0.717) is 24.8 Å². The van der Waals surface area contributed by atoms with Crippen LogP contribution in [0.4, 0.5) is 0 Å². The average molecular weight is 291 g/mol. The minimum atomic E-state index is -2.97. The number of rotatable bonds is 1. The summed E-state index contributed by atoms with van der Waals surface area (Å²) in [6.07, 6.45) is 1.31. The first kappa shape index (κ1) is 12.4. The highest BCUT2D eigenvalue weighted by Gasteiger charge is 2.42. The Morgan fingerprint density at radius 2 is 2.28 bits per heavy atom. The van der Waals surface area contributed by atoms with Gasteiger partial charge < -0.3 is 4.74 Å². The highest BCUT2D eigenvalue weighted by atomic mass is 35.5. The van der Waals surface area contributed by atoms with Crippen LogP contribution >= 0.6 is 11.6 Å². The second-order valence-corrected chi connectivity index (χ2v) is 7.81. The summed E-state index contributed by atoms with van der Waals surface area (Å²) in [4.78, 5) is 0. The van der Waals surface area contributed by atoms with Crippen LogP contribution in [-0.4, -0.2) is 36.3 Å². The molecular weight excluding hydrogens is 276 g/mol. The van der Waals surface area contributed by atoms with Crippen LogP contribution in [-0.2, 0) is 33.1 Å². The third-order valence-electron chi connectivity index (χ3n) is 3.73. The van der Waals surface area contributed by atoms with E-state index in [2.05, 4.69) is 5.10 Å². The van der Waals surface area contributed by atoms with Crippen LogP contribution in [0.15, 0.2) is 0 Å². The van der Waals surface area contributed by atoms with Crippen molar-refractivity contribution in [2.75, 3.05) is 18.1 Å². The van der Waals surface area contributed by atoms with Crippen molar-refractivity contribution in [2.24, 2.45) is 0 Å². The molecule has 1 aromatic rings. The molecule has 18 heavy (non-hydrogen) atoms. The molecule has 0 aliphatic carbocycles. The quantitative estimate of drug-likeness (QED) is 0.778. The molecule has 0 amide bonds. The summed E-state index contributed by atoms with van der Waals surface area (Å²) in [6.45, 7) is 3.02. The molecule has 1 aromatic heterocycles. The molecule has 1 saturated heterocycles. The van der Waals surface area contributed by atoms with E-state index in [1.807, 2.05) is 6.92 Å². The van der Waals surface area contributed by atoms with Gasteiger partial charge in [0, 0.05) is 12.0 Å². The second kappa shape index (κ2) is 3.95. The maximum Gasteiger partial charge on any atom is 0.152 e. The summed E-state index contributed by atoms with van der Waals surface area (Å²) in [6, 6.07) is 0. The van der Waals surface area contributed by atoms with Crippen molar-refractivity contribution >= 4 is 21.4 Å². The molecule has 5 nitrogen and oxygen atoms in total. The molecule has 0 radical (unpaired) electrons. The molecule has 3 rings (SSSR count). The largest absolute Gasteiger partial charge is 0.376 e. The molecule has 0 saturated carbocycles. The van der Waals surface area contributed by atoms with Gasteiger partial charge in [0.2, 0.25) is 0 Å². The van der Waals surface area contributed by atoms with Crippen molar-refractivity contribution in [3.8, 4) is 0 Å². The maximum absolute atomic E-state index is 11.7. The topological polar surface area (TPSA) is 61.2 Å². The van der Waals surface area contributed by atoms with E-state index < -0.39 is 15.4 Å². The van der Waals surface area contributed by atoms with E-state index in [0.717, 1.165) is 17.7 Å². The van der Waals surface area contributed by atoms with Crippen LogP contribution in [0.5, 0.6) is 0 Å². The summed E-state index contributed by atoms with van der Waals surface area (Å²) >= 11 is 6.33. The van der Waals surface area contributed by atoms with Crippen molar-refractivity contribution in [3.05, 3.63) is 16.4 Å². The average Bonchev–Trinajstić information content (AvgIpc) is 2.79. The van der Waals surface area contributed by atoms with Crippen molar-refractivity contribution in [1.29, 1.82) is 0 Å². The zero-order valence-corrected chi connectivity index (χ0v) is 11.7. The lowest BCUT2D eigenvalue weighted by atomic mass is 10.0. The Labute approximate surface area is 111 Å². The van der Waals surface area contributed by atoms with Gasteiger partial charge in [-0.05, 0) is 13.3 Å². The minimum absolute atomic E-state index is 0.112. The Morgan fingerprint density at radius 3 is 2.89 bits per heavy atom. The highest BCUT2D eigenvalue weighted by Crippen LogP contribution is 2.36. The summed E-state index contributed by atoms with van der Waals surface area (Å²) in [5.41, 5.74) is 1.33. The molecule has 0 bridgehead atoms. The first-order chi connectivity index (χ1) is 8.41. The number of nitrogens with zero attached hydrogens (tertiary/aromatic N) is 2. The van der Waals surface area contributed by atoms with Gasteiger partial charge in [-0.15, -0.1) is 0 Å². The van der Waals surface area contributed by atoms with E-state index >= 15 is 0 Å². The van der Waals surface area contributed by atoms with Crippen molar-refractivity contribution in [1.82, 2.24) is 9.78 Å². The van der Waals surface area contributed by atoms with E-state index in [-0.39, 0.29) is 11.5 Å². The van der Waals surface area contributed by atoms with Gasteiger partial charge in [-0.1, -0.05) is 11.6 Å². The van der Waals surface area contributed by atoms with Gasteiger partial charge in [0.1, 0.15) is 5.15 Å². The second-order valence-electron chi connectivity index (χ2n) is 5.27. The lowest BCUT2D eigenvalue weighted by Crippen LogP contribution is -2.32. The number of hydrogen-bond donors (Lipinski definition) is 0. The molecule has 0 aromatic carbocycles. The molecule has 0 spiro atoms. The van der Waals surface area contributed by atoms with Gasteiger partial charge in [-0.25, -0.2) is 13.1 Å². The van der Waals surface area contributed by atoms with Crippen LogP contribution in [0.3, 0.4) is 0 Å². The summed E-state index contributed by atoms with van der Waals surface area (Å²) in [5.74, 6) is 0.321. The molecular formula is C11H15ClN2O3S. The highest BCUT2D eigenvalue weighted by molar-refractivity contribution is 7.91. The summed E-state index contributed by atoms with van der Waals surface area (Å²) < 4.78 is 30.4.